The molecule has 0 unspecified atom stereocenters. The number of carbonyl (C=O) groups excluding carboxylic acids is 1. The van der Waals surface area contributed by atoms with Gasteiger partial charge in [-0.25, -0.2) is 17.5 Å². The predicted octanol–water partition coefficient (Wildman–Crippen LogP) is 0.249. The van der Waals surface area contributed by atoms with Gasteiger partial charge in [-0.05, 0) is 18.2 Å². The molecule has 1 aromatic rings. The van der Waals surface area contributed by atoms with Crippen molar-refractivity contribution in [3.8, 4) is 0 Å². The highest BCUT2D eigenvalue weighted by Crippen LogP contribution is 2.16. The summed E-state index contributed by atoms with van der Waals surface area (Å²) in [5, 5.41) is 0. The van der Waals surface area contributed by atoms with Crippen LogP contribution in [0.1, 0.15) is 6.42 Å². The molecule has 0 aliphatic rings. The van der Waals surface area contributed by atoms with Crippen molar-refractivity contribution in [1.82, 2.24) is 4.72 Å². The number of nitrogen functional groups attached to an aromatic ring is 1. The van der Waals surface area contributed by atoms with E-state index in [-0.39, 0.29) is 18.7 Å². The molecule has 6 nitrogen and oxygen atoms in total. The van der Waals surface area contributed by atoms with E-state index in [2.05, 4.69) is 9.46 Å². The maximum Gasteiger partial charge on any atom is 0.306 e. The van der Waals surface area contributed by atoms with Gasteiger partial charge in [0.2, 0.25) is 10.0 Å². The van der Waals surface area contributed by atoms with Crippen molar-refractivity contribution < 1.29 is 22.3 Å². The molecule has 0 spiro atoms. The third kappa shape index (κ3) is 3.67. The van der Waals surface area contributed by atoms with E-state index in [9.17, 15) is 17.6 Å². The fourth-order valence-corrected chi connectivity index (χ4v) is 2.29. The molecular formula is C10H13FN2O4S. The number of sulfonamides is 1. The minimum absolute atomic E-state index is 0.126. The number of nitrogens with two attached hydrogens (primary N) is 1. The largest absolute Gasteiger partial charge is 0.469 e. The molecule has 0 bridgehead atoms. The molecule has 0 fully saturated rings. The van der Waals surface area contributed by atoms with Gasteiger partial charge in [0, 0.05) is 12.2 Å². The first-order chi connectivity index (χ1) is 8.36. The molecule has 0 saturated carbocycles. The second-order valence-corrected chi connectivity index (χ2v) is 5.15. The van der Waals surface area contributed by atoms with Gasteiger partial charge in [-0.15, -0.1) is 0 Å². The minimum Gasteiger partial charge on any atom is -0.469 e. The number of halogens is 1. The van der Waals surface area contributed by atoms with Crippen LogP contribution in [0.25, 0.3) is 0 Å². The number of methoxy groups -OCH3 is 1. The maximum absolute atomic E-state index is 13.4. The van der Waals surface area contributed by atoms with Crippen LogP contribution >= 0.6 is 0 Å². The van der Waals surface area contributed by atoms with Gasteiger partial charge in [0.05, 0.1) is 13.5 Å². The summed E-state index contributed by atoms with van der Waals surface area (Å²) in [5.41, 5.74) is 5.44. The predicted molar refractivity (Wildman–Crippen MR) is 62.6 cm³/mol. The smallest absolute Gasteiger partial charge is 0.306 e. The van der Waals surface area contributed by atoms with Gasteiger partial charge in [-0.3, -0.25) is 4.79 Å². The van der Waals surface area contributed by atoms with Crippen molar-refractivity contribution in [1.29, 1.82) is 0 Å². The summed E-state index contributed by atoms with van der Waals surface area (Å²) >= 11 is 0. The molecule has 0 heterocycles. The Hall–Kier alpha value is -1.67. The molecule has 0 atom stereocenters. The van der Waals surface area contributed by atoms with Gasteiger partial charge in [0.25, 0.3) is 0 Å². The lowest BCUT2D eigenvalue weighted by molar-refractivity contribution is -0.140. The number of benzene rings is 1. The van der Waals surface area contributed by atoms with Crippen LogP contribution in [0.4, 0.5) is 10.1 Å². The summed E-state index contributed by atoms with van der Waals surface area (Å²) in [4.78, 5) is 10.3. The fourth-order valence-electron chi connectivity index (χ4n) is 1.20. The molecule has 3 N–H and O–H groups in total. The highest BCUT2D eigenvalue weighted by molar-refractivity contribution is 7.89. The van der Waals surface area contributed by atoms with Crippen LogP contribution in [0.15, 0.2) is 23.1 Å². The number of ether oxygens (including phenoxy) is 1. The minimum atomic E-state index is -4.00. The first-order valence-corrected chi connectivity index (χ1v) is 6.46. The Kier molecular flexibility index (Phi) is 4.62. The molecule has 18 heavy (non-hydrogen) atoms. The molecule has 0 aliphatic carbocycles. The van der Waals surface area contributed by atoms with Gasteiger partial charge in [0.15, 0.2) is 0 Å². The van der Waals surface area contributed by atoms with Crippen molar-refractivity contribution in [3.05, 3.63) is 24.0 Å². The lowest BCUT2D eigenvalue weighted by atomic mass is 10.3. The van der Waals surface area contributed by atoms with Gasteiger partial charge in [-0.2, -0.15) is 0 Å². The van der Waals surface area contributed by atoms with Crippen LogP contribution in [0.2, 0.25) is 0 Å². The first kappa shape index (κ1) is 14.4. The Morgan fingerprint density at radius 3 is 2.72 bits per heavy atom. The fraction of sp³-hybridized carbons (Fsp3) is 0.300. The summed E-state index contributed by atoms with van der Waals surface area (Å²) < 4.78 is 43.2. The Bertz CT molecular complexity index is 545. The van der Waals surface area contributed by atoms with E-state index >= 15 is 0 Å². The van der Waals surface area contributed by atoms with E-state index in [1.54, 1.807) is 0 Å². The molecule has 0 aliphatic heterocycles. The monoisotopic (exact) mass is 276 g/mol. The standard InChI is InChI=1S/C10H13FN2O4S/c1-17-10(14)4-5-13-18(15,16)9-3-2-7(12)6-8(9)11/h2-3,6,13H,4-5,12H2,1H3. The molecule has 0 radical (unpaired) electrons. The van der Waals surface area contributed by atoms with Crippen molar-refractivity contribution in [3.63, 3.8) is 0 Å². The van der Waals surface area contributed by atoms with Crippen LogP contribution in [-0.2, 0) is 19.6 Å². The SMILES string of the molecule is COC(=O)CCNS(=O)(=O)c1ccc(N)cc1F. The molecule has 1 aromatic carbocycles. The molecule has 0 saturated heterocycles. The summed E-state index contributed by atoms with van der Waals surface area (Å²) in [7, 11) is -2.81. The second-order valence-electron chi connectivity index (χ2n) is 3.41. The number of nitrogens with one attached hydrogen (secondary N) is 1. The summed E-state index contributed by atoms with van der Waals surface area (Å²) in [5.74, 6) is -1.50. The number of carbonyl (C=O) groups is 1. The van der Waals surface area contributed by atoms with E-state index in [0.717, 1.165) is 12.1 Å². The van der Waals surface area contributed by atoms with Crippen LogP contribution in [0.3, 0.4) is 0 Å². The highest BCUT2D eigenvalue weighted by Gasteiger charge is 2.18. The van der Waals surface area contributed by atoms with E-state index in [0.29, 0.717) is 0 Å². The van der Waals surface area contributed by atoms with E-state index < -0.39 is 26.7 Å². The zero-order chi connectivity index (χ0) is 13.8. The molecular weight excluding hydrogens is 263 g/mol. The molecule has 100 valence electrons. The number of hydrogen-bond acceptors (Lipinski definition) is 5. The second kappa shape index (κ2) is 5.78. The number of rotatable bonds is 5. The van der Waals surface area contributed by atoms with Crippen molar-refractivity contribution >= 4 is 21.7 Å². The van der Waals surface area contributed by atoms with Crippen molar-refractivity contribution in [2.75, 3.05) is 19.4 Å². The van der Waals surface area contributed by atoms with Gasteiger partial charge in [0.1, 0.15) is 10.7 Å². The van der Waals surface area contributed by atoms with Crippen molar-refractivity contribution in [2.45, 2.75) is 11.3 Å². The number of esters is 1. The van der Waals surface area contributed by atoms with E-state index in [4.69, 9.17) is 5.73 Å². The van der Waals surface area contributed by atoms with Crippen LogP contribution in [0.5, 0.6) is 0 Å². The average molecular weight is 276 g/mol. The van der Waals surface area contributed by atoms with Crippen LogP contribution in [0, 0.1) is 5.82 Å². The lowest BCUT2D eigenvalue weighted by Crippen LogP contribution is -2.27. The quantitative estimate of drug-likeness (QED) is 0.593. The Morgan fingerprint density at radius 1 is 1.50 bits per heavy atom. The summed E-state index contributed by atoms with van der Waals surface area (Å²) in [6, 6.07) is 3.25. The van der Waals surface area contributed by atoms with Crippen LogP contribution in [-0.4, -0.2) is 28.0 Å². The van der Waals surface area contributed by atoms with E-state index in [1.807, 2.05) is 0 Å². The Labute approximate surface area is 104 Å². The topological polar surface area (TPSA) is 98.5 Å². The van der Waals surface area contributed by atoms with Crippen LogP contribution < -0.4 is 10.5 Å². The summed E-state index contributed by atoms with van der Waals surface area (Å²) in [6.07, 6.45) is -0.133. The van der Waals surface area contributed by atoms with Crippen molar-refractivity contribution in [2.24, 2.45) is 0 Å². The normalized spacial score (nSPS) is 11.2. The zero-order valence-corrected chi connectivity index (χ0v) is 10.5. The maximum atomic E-state index is 13.4. The first-order valence-electron chi connectivity index (χ1n) is 4.98. The Morgan fingerprint density at radius 2 is 2.17 bits per heavy atom. The highest BCUT2D eigenvalue weighted by atomic mass is 32.2. The third-order valence-electron chi connectivity index (χ3n) is 2.09. The molecule has 0 amide bonds. The lowest BCUT2D eigenvalue weighted by Gasteiger charge is -2.07. The number of hydrogen-bond donors (Lipinski definition) is 2. The average Bonchev–Trinajstić information content (AvgIpc) is 2.27. The van der Waals surface area contributed by atoms with Gasteiger partial charge < -0.3 is 10.5 Å². The van der Waals surface area contributed by atoms with E-state index in [1.165, 1.54) is 13.2 Å². The van der Waals surface area contributed by atoms with Gasteiger partial charge >= 0.3 is 5.97 Å². The number of anilines is 1. The Balaban J connectivity index is 2.77. The molecule has 1 rings (SSSR count). The van der Waals surface area contributed by atoms with Gasteiger partial charge in [-0.1, -0.05) is 0 Å². The molecule has 0 aromatic heterocycles. The summed E-state index contributed by atoms with van der Waals surface area (Å²) in [6.45, 7) is -0.168. The molecule has 8 heteroatoms. The third-order valence-corrected chi connectivity index (χ3v) is 3.59. The zero-order valence-electron chi connectivity index (χ0n) is 9.64.